The predicted molar refractivity (Wildman–Crippen MR) is 89.6 cm³/mol. The van der Waals surface area contributed by atoms with E-state index >= 15 is 0 Å². The maximum atomic E-state index is 6.08. The van der Waals surface area contributed by atoms with Crippen molar-refractivity contribution >= 4 is 11.6 Å². The first-order valence-electron chi connectivity index (χ1n) is 8.42. The van der Waals surface area contributed by atoms with Gasteiger partial charge in [-0.25, -0.2) is 9.97 Å². The Balaban J connectivity index is 2.16. The number of hydrogen-bond donors (Lipinski definition) is 1. The van der Waals surface area contributed by atoms with Gasteiger partial charge in [0.05, 0.1) is 0 Å². The van der Waals surface area contributed by atoms with Crippen LogP contribution in [-0.4, -0.2) is 23.1 Å². The average Bonchev–Trinajstić information content (AvgIpc) is 2.50. The number of aryl methyl sites for hydroxylation is 1. The zero-order valence-corrected chi connectivity index (χ0v) is 14.0. The van der Waals surface area contributed by atoms with Gasteiger partial charge in [0, 0.05) is 25.1 Å². The highest BCUT2D eigenvalue weighted by atomic mass is 15.2. The standard InChI is InChI=1S/C17H30N4/c1-5-7-15-19-16(18)12(3)17(20-15)21(4)14-10-8-13(6-2)9-11-14/h13-14H,5-11H2,1-4H3,(H2,18,19,20). The molecule has 21 heavy (non-hydrogen) atoms. The van der Waals surface area contributed by atoms with Crippen LogP contribution in [0.1, 0.15) is 63.8 Å². The third-order valence-electron chi connectivity index (χ3n) is 4.95. The first kappa shape index (κ1) is 16.1. The lowest BCUT2D eigenvalue weighted by molar-refractivity contribution is 0.312. The zero-order valence-electron chi connectivity index (χ0n) is 14.0. The van der Waals surface area contributed by atoms with Gasteiger partial charge in [0.2, 0.25) is 0 Å². The van der Waals surface area contributed by atoms with Crippen molar-refractivity contribution in [1.82, 2.24) is 9.97 Å². The van der Waals surface area contributed by atoms with Gasteiger partial charge in [-0.2, -0.15) is 0 Å². The molecule has 0 amide bonds. The van der Waals surface area contributed by atoms with Crippen LogP contribution in [0.5, 0.6) is 0 Å². The number of hydrogen-bond acceptors (Lipinski definition) is 4. The van der Waals surface area contributed by atoms with Crippen LogP contribution in [0.4, 0.5) is 11.6 Å². The fourth-order valence-corrected chi connectivity index (χ4v) is 3.36. The van der Waals surface area contributed by atoms with Crippen LogP contribution in [0.15, 0.2) is 0 Å². The minimum Gasteiger partial charge on any atom is -0.383 e. The summed E-state index contributed by atoms with van der Waals surface area (Å²) < 4.78 is 0. The molecule has 0 radical (unpaired) electrons. The maximum Gasteiger partial charge on any atom is 0.137 e. The lowest BCUT2D eigenvalue weighted by atomic mass is 9.84. The Labute approximate surface area is 129 Å². The minimum absolute atomic E-state index is 0.593. The molecule has 0 aromatic carbocycles. The van der Waals surface area contributed by atoms with Crippen molar-refractivity contribution in [3.05, 3.63) is 11.4 Å². The predicted octanol–water partition coefficient (Wildman–Crippen LogP) is 3.72. The highest BCUT2D eigenvalue weighted by Gasteiger charge is 2.25. The molecule has 4 heteroatoms. The van der Waals surface area contributed by atoms with E-state index in [4.69, 9.17) is 10.7 Å². The second-order valence-corrected chi connectivity index (χ2v) is 6.42. The van der Waals surface area contributed by atoms with Crippen LogP contribution in [0.3, 0.4) is 0 Å². The van der Waals surface area contributed by atoms with E-state index in [0.29, 0.717) is 11.9 Å². The van der Waals surface area contributed by atoms with Crippen molar-refractivity contribution in [2.24, 2.45) is 5.92 Å². The topological polar surface area (TPSA) is 55.0 Å². The number of nitrogens with two attached hydrogens (primary N) is 1. The second kappa shape index (κ2) is 7.10. The number of aromatic nitrogens is 2. The Hall–Kier alpha value is -1.32. The molecular formula is C17H30N4. The summed E-state index contributed by atoms with van der Waals surface area (Å²) in [5.74, 6) is 3.47. The molecule has 2 rings (SSSR count). The Kier molecular flexibility index (Phi) is 5.43. The van der Waals surface area contributed by atoms with Crippen molar-refractivity contribution in [1.29, 1.82) is 0 Å². The molecule has 0 saturated heterocycles. The van der Waals surface area contributed by atoms with Gasteiger partial charge in [0.25, 0.3) is 0 Å². The van der Waals surface area contributed by atoms with Gasteiger partial charge in [0.1, 0.15) is 17.5 Å². The molecule has 1 heterocycles. The van der Waals surface area contributed by atoms with Crippen molar-refractivity contribution in [3.63, 3.8) is 0 Å². The number of nitrogen functional groups attached to an aromatic ring is 1. The second-order valence-electron chi connectivity index (χ2n) is 6.42. The fourth-order valence-electron chi connectivity index (χ4n) is 3.36. The maximum absolute atomic E-state index is 6.08. The molecule has 118 valence electrons. The Bertz CT molecular complexity index is 464. The molecule has 1 aromatic heterocycles. The van der Waals surface area contributed by atoms with Gasteiger partial charge >= 0.3 is 0 Å². The van der Waals surface area contributed by atoms with Crippen LogP contribution in [0.25, 0.3) is 0 Å². The highest BCUT2D eigenvalue weighted by molar-refractivity contribution is 5.56. The average molecular weight is 290 g/mol. The SMILES string of the molecule is CCCc1nc(N)c(C)c(N(C)C2CCC(CC)CC2)n1. The summed E-state index contributed by atoms with van der Waals surface area (Å²) in [7, 11) is 2.17. The van der Waals surface area contributed by atoms with E-state index in [0.717, 1.165) is 36.0 Å². The van der Waals surface area contributed by atoms with Gasteiger partial charge in [0.15, 0.2) is 0 Å². The first-order chi connectivity index (χ1) is 10.1. The molecule has 0 spiro atoms. The van der Waals surface area contributed by atoms with E-state index in [1.807, 2.05) is 6.92 Å². The van der Waals surface area contributed by atoms with Gasteiger partial charge in [-0.1, -0.05) is 20.3 Å². The Morgan fingerprint density at radius 1 is 1.14 bits per heavy atom. The molecule has 2 N–H and O–H groups in total. The Morgan fingerprint density at radius 3 is 2.38 bits per heavy atom. The van der Waals surface area contributed by atoms with Gasteiger partial charge in [-0.3, -0.25) is 0 Å². The molecule has 1 aliphatic carbocycles. The van der Waals surface area contributed by atoms with Crippen molar-refractivity contribution in [3.8, 4) is 0 Å². The summed E-state index contributed by atoms with van der Waals surface area (Å²) in [5, 5.41) is 0. The van der Waals surface area contributed by atoms with E-state index in [2.05, 4.69) is 30.8 Å². The van der Waals surface area contributed by atoms with Crippen LogP contribution in [0.2, 0.25) is 0 Å². The van der Waals surface area contributed by atoms with E-state index in [-0.39, 0.29) is 0 Å². The molecule has 1 fully saturated rings. The summed E-state index contributed by atoms with van der Waals surface area (Å²) in [6.07, 6.45) is 8.47. The molecule has 0 atom stereocenters. The summed E-state index contributed by atoms with van der Waals surface area (Å²) in [6, 6.07) is 0.593. The summed E-state index contributed by atoms with van der Waals surface area (Å²) in [4.78, 5) is 11.5. The smallest absolute Gasteiger partial charge is 0.137 e. The summed E-state index contributed by atoms with van der Waals surface area (Å²) >= 11 is 0. The van der Waals surface area contributed by atoms with Gasteiger partial charge in [-0.15, -0.1) is 0 Å². The van der Waals surface area contributed by atoms with Crippen LogP contribution < -0.4 is 10.6 Å². The Morgan fingerprint density at radius 2 is 1.81 bits per heavy atom. The third-order valence-corrected chi connectivity index (χ3v) is 4.95. The molecule has 0 unspecified atom stereocenters. The quantitative estimate of drug-likeness (QED) is 0.898. The lowest BCUT2D eigenvalue weighted by Crippen LogP contribution is -2.36. The molecule has 0 bridgehead atoms. The fraction of sp³-hybridized carbons (Fsp3) is 0.765. The lowest BCUT2D eigenvalue weighted by Gasteiger charge is -2.36. The minimum atomic E-state index is 0.593. The molecule has 1 saturated carbocycles. The van der Waals surface area contributed by atoms with E-state index < -0.39 is 0 Å². The van der Waals surface area contributed by atoms with Gasteiger partial charge < -0.3 is 10.6 Å². The molecule has 4 nitrogen and oxygen atoms in total. The van der Waals surface area contributed by atoms with E-state index in [1.165, 1.54) is 32.1 Å². The summed E-state index contributed by atoms with van der Waals surface area (Å²) in [6.45, 7) is 6.49. The number of anilines is 2. The van der Waals surface area contributed by atoms with Gasteiger partial charge in [-0.05, 0) is 44.9 Å². The normalized spacial score (nSPS) is 22.3. The van der Waals surface area contributed by atoms with Crippen LogP contribution >= 0.6 is 0 Å². The van der Waals surface area contributed by atoms with Crippen molar-refractivity contribution < 1.29 is 0 Å². The highest BCUT2D eigenvalue weighted by Crippen LogP contribution is 2.32. The number of nitrogens with zero attached hydrogens (tertiary/aromatic N) is 3. The van der Waals surface area contributed by atoms with Crippen LogP contribution in [0, 0.1) is 12.8 Å². The molecule has 0 aliphatic heterocycles. The van der Waals surface area contributed by atoms with Crippen molar-refractivity contribution in [2.45, 2.75) is 71.8 Å². The number of rotatable bonds is 5. The molecule has 1 aromatic rings. The largest absolute Gasteiger partial charge is 0.383 e. The zero-order chi connectivity index (χ0) is 15.4. The summed E-state index contributed by atoms with van der Waals surface area (Å²) in [5.41, 5.74) is 7.11. The van der Waals surface area contributed by atoms with Crippen molar-refractivity contribution in [2.75, 3.05) is 17.7 Å². The van der Waals surface area contributed by atoms with Crippen LogP contribution in [-0.2, 0) is 6.42 Å². The molecular weight excluding hydrogens is 260 g/mol. The monoisotopic (exact) mass is 290 g/mol. The van der Waals surface area contributed by atoms with E-state index in [9.17, 15) is 0 Å². The van der Waals surface area contributed by atoms with E-state index in [1.54, 1.807) is 0 Å². The molecule has 1 aliphatic rings. The third kappa shape index (κ3) is 3.66. The first-order valence-corrected chi connectivity index (χ1v) is 8.42.